The predicted octanol–water partition coefficient (Wildman–Crippen LogP) is 0.414. The summed E-state index contributed by atoms with van der Waals surface area (Å²) in [6, 6.07) is 0. The number of rotatable bonds is 0. The molecule has 0 amide bonds. The van der Waals surface area contributed by atoms with Crippen molar-refractivity contribution in [2.75, 3.05) is 37.9 Å². The molecule has 0 radical (unpaired) electrons. The molecule has 10 heavy (non-hydrogen) atoms. The number of hydrogen-bond donors (Lipinski definition) is 1. The normalized spacial score (nSPS) is 24.8. The molecule has 0 aromatic carbocycles. The molecule has 0 bridgehead atoms. The van der Waals surface area contributed by atoms with Crippen molar-refractivity contribution in [1.82, 2.24) is 0 Å². The van der Waals surface area contributed by atoms with Crippen LogP contribution in [-0.2, 0) is 20.2 Å². The van der Waals surface area contributed by atoms with E-state index in [1.54, 1.807) is 0 Å². The molecule has 1 fully saturated rings. The van der Waals surface area contributed by atoms with Crippen molar-refractivity contribution < 1.29 is 9.47 Å². The standard InChI is InChI=1S/C6H13NO2S/c7-10-5-3-8-1-2-9-4-6-10/h7H,1-6H2. The molecule has 1 aliphatic heterocycles. The fraction of sp³-hybridized carbons (Fsp3) is 1.00. The zero-order chi connectivity index (χ0) is 7.23. The lowest BCUT2D eigenvalue weighted by molar-refractivity contribution is 0.0629. The van der Waals surface area contributed by atoms with Gasteiger partial charge in [0.25, 0.3) is 0 Å². The molecule has 1 aliphatic rings. The predicted molar refractivity (Wildman–Crippen MR) is 41.5 cm³/mol. The van der Waals surface area contributed by atoms with Crippen LogP contribution in [0.4, 0.5) is 0 Å². The molecule has 1 N–H and O–H groups in total. The lowest BCUT2D eigenvalue weighted by Gasteiger charge is -2.00. The Balaban J connectivity index is 2.21. The van der Waals surface area contributed by atoms with Crippen molar-refractivity contribution in [3.05, 3.63) is 0 Å². The Morgan fingerprint density at radius 3 is 1.90 bits per heavy atom. The second kappa shape index (κ2) is 4.82. The number of hydrogen-bond acceptors (Lipinski definition) is 3. The lowest BCUT2D eigenvalue weighted by atomic mass is 10.7. The van der Waals surface area contributed by atoms with Crippen molar-refractivity contribution in [1.29, 1.82) is 4.78 Å². The molecule has 1 heterocycles. The molecule has 0 saturated carbocycles. The molecule has 0 aromatic rings. The van der Waals surface area contributed by atoms with Crippen LogP contribution in [0.1, 0.15) is 0 Å². The second-order valence-electron chi connectivity index (χ2n) is 2.13. The van der Waals surface area contributed by atoms with E-state index in [0.717, 1.165) is 24.7 Å². The molecule has 0 aromatic heterocycles. The summed E-state index contributed by atoms with van der Waals surface area (Å²) < 4.78 is 17.8. The molecular weight excluding hydrogens is 150 g/mol. The van der Waals surface area contributed by atoms with E-state index in [-0.39, 0.29) is 10.7 Å². The van der Waals surface area contributed by atoms with Gasteiger partial charge in [0, 0.05) is 11.5 Å². The van der Waals surface area contributed by atoms with Crippen LogP contribution in [0.2, 0.25) is 0 Å². The van der Waals surface area contributed by atoms with Gasteiger partial charge in [0.15, 0.2) is 0 Å². The Morgan fingerprint density at radius 1 is 0.900 bits per heavy atom. The summed E-state index contributed by atoms with van der Waals surface area (Å²) in [5.74, 6) is 1.76. The highest BCUT2D eigenvalue weighted by atomic mass is 32.2. The first-order valence-electron chi connectivity index (χ1n) is 3.44. The first-order valence-corrected chi connectivity index (χ1v) is 5.00. The van der Waals surface area contributed by atoms with Crippen LogP contribution in [0.25, 0.3) is 0 Å². The van der Waals surface area contributed by atoms with Crippen molar-refractivity contribution in [3.63, 3.8) is 0 Å². The molecule has 1 rings (SSSR count). The minimum Gasteiger partial charge on any atom is -0.378 e. The van der Waals surface area contributed by atoms with E-state index in [2.05, 4.69) is 0 Å². The SMILES string of the molecule is N=S1CCOCCOCC1. The Hall–Kier alpha value is 0.0700. The Kier molecular flexibility index (Phi) is 3.94. The summed E-state index contributed by atoms with van der Waals surface area (Å²) in [5.41, 5.74) is 0. The van der Waals surface area contributed by atoms with E-state index in [1.807, 2.05) is 0 Å². The number of ether oxygens (including phenoxy) is 2. The van der Waals surface area contributed by atoms with Gasteiger partial charge in [0.05, 0.1) is 26.4 Å². The van der Waals surface area contributed by atoms with Crippen molar-refractivity contribution >= 4 is 10.7 Å². The van der Waals surface area contributed by atoms with Crippen LogP contribution < -0.4 is 0 Å². The molecule has 0 atom stereocenters. The van der Waals surface area contributed by atoms with Gasteiger partial charge in [-0.05, 0) is 0 Å². The minimum atomic E-state index is -0.230. The van der Waals surface area contributed by atoms with Crippen molar-refractivity contribution in [2.45, 2.75) is 0 Å². The van der Waals surface area contributed by atoms with E-state index < -0.39 is 0 Å². The van der Waals surface area contributed by atoms with E-state index in [1.165, 1.54) is 0 Å². The highest BCUT2D eigenvalue weighted by Gasteiger charge is 1.99. The zero-order valence-corrected chi connectivity index (χ0v) is 6.78. The van der Waals surface area contributed by atoms with Gasteiger partial charge in [-0.15, -0.1) is 0 Å². The van der Waals surface area contributed by atoms with E-state index >= 15 is 0 Å². The Morgan fingerprint density at radius 2 is 1.40 bits per heavy atom. The maximum atomic E-state index is 7.47. The molecule has 60 valence electrons. The maximum absolute atomic E-state index is 7.47. The highest BCUT2D eigenvalue weighted by molar-refractivity contribution is 7.86. The van der Waals surface area contributed by atoms with Crippen LogP contribution in [0.3, 0.4) is 0 Å². The molecule has 1 saturated heterocycles. The van der Waals surface area contributed by atoms with Crippen LogP contribution in [0.15, 0.2) is 0 Å². The van der Waals surface area contributed by atoms with Gasteiger partial charge in [0.2, 0.25) is 0 Å². The van der Waals surface area contributed by atoms with Crippen LogP contribution in [0, 0.1) is 4.78 Å². The fourth-order valence-corrected chi connectivity index (χ4v) is 1.59. The van der Waals surface area contributed by atoms with Gasteiger partial charge < -0.3 is 9.47 Å². The first-order chi connectivity index (χ1) is 4.89. The Labute approximate surface area is 63.6 Å². The van der Waals surface area contributed by atoms with Crippen molar-refractivity contribution in [2.24, 2.45) is 0 Å². The number of nitrogens with one attached hydrogen (secondary N) is 1. The highest BCUT2D eigenvalue weighted by Crippen LogP contribution is 1.90. The summed E-state index contributed by atoms with van der Waals surface area (Å²) in [5, 5.41) is 0. The largest absolute Gasteiger partial charge is 0.378 e. The van der Waals surface area contributed by atoms with Gasteiger partial charge in [-0.2, -0.15) is 0 Å². The third-order valence-electron chi connectivity index (χ3n) is 1.32. The third-order valence-corrected chi connectivity index (χ3v) is 2.64. The third kappa shape index (κ3) is 3.29. The molecular formula is C6H13NO2S. The summed E-state index contributed by atoms with van der Waals surface area (Å²) in [7, 11) is -0.230. The molecule has 0 aliphatic carbocycles. The zero-order valence-electron chi connectivity index (χ0n) is 5.97. The van der Waals surface area contributed by atoms with Crippen molar-refractivity contribution in [3.8, 4) is 0 Å². The fourth-order valence-electron chi connectivity index (χ4n) is 0.743. The average Bonchev–Trinajstić information content (AvgIpc) is 2.02. The molecule has 0 spiro atoms. The van der Waals surface area contributed by atoms with Gasteiger partial charge >= 0.3 is 0 Å². The van der Waals surface area contributed by atoms with Gasteiger partial charge in [-0.3, -0.25) is 4.78 Å². The summed E-state index contributed by atoms with van der Waals surface area (Å²) >= 11 is 0. The smallest absolute Gasteiger partial charge is 0.0700 e. The van der Waals surface area contributed by atoms with E-state index in [0.29, 0.717) is 13.2 Å². The van der Waals surface area contributed by atoms with Gasteiger partial charge in [-0.25, -0.2) is 0 Å². The second-order valence-corrected chi connectivity index (χ2v) is 3.93. The van der Waals surface area contributed by atoms with E-state index in [9.17, 15) is 0 Å². The van der Waals surface area contributed by atoms with Crippen LogP contribution >= 0.6 is 0 Å². The minimum absolute atomic E-state index is 0.230. The van der Waals surface area contributed by atoms with Gasteiger partial charge in [-0.1, -0.05) is 10.7 Å². The van der Waals surface area contributed by atoms with E-state index in [4.69, 9.17) is 14.3 Å². The summed E-state index contributed by atoms with van der Waals surface area (Å²) in [6.07, 6.45) is 0. The quantitative estimate of drug-likeness (QED) is 0.562. The van der Waals surface area contributed by atoms with Crippen LogP contribution in [-0.4, -0.2) is 37.9 Å². The lowest BCUT2D eigenvalue weighted by Crippen LogP contribution is -2.08. The topological polar surface area (TPSA) is 42.3 Å². The van der Waals surface area contributed by atoms with Crippen LogP contribution in [0.5, 0.6) is 0 Å². The summed E-state index contributed by atoms with van der Waals surface area (Å²) in [4.78, 5) is 0. The monoisotopic (exact) mass is 163 g/mol. The molecule has 3 nitrogen and oxygen atoms in total. The maximum Gasteiger partial charge on any atom is 0.0700 e. The summed E-state index contributed by atoms with van der Waals surface area (Å²) in [6.45, 7) is 2.85. The molecule has 0 unspecified atom stereocenters. The average molecular weight is 163 g/mol. The first kappa shape index (κ1) is 8.17. The molecule has 4 heteroatoms. The Bertz CT molecular complexity index is 106. The van der Waals surface area contributed by atoms with Gasteiger partial charge in [0.1, 0.15) is 0 Å².